The van der Waals surface area contributed by atoms with Crippen LogP contribution in [0.2, 0.25) is 0 Å². The van der Waals surface area contributed by atoms with E-state index in [9.17, 15) is 5.11 Å². The maximum absolute atomic E-state index is 10.2. The molecule has 0 aliphatic carbocycles. The molecular formula is C15H20BrN3O. The van der Waals surface area contributed by atoms with Gasteiger partial charge in [0.25, 0.3) is 0 Å². The van der Waals surface area contributed by atoms with Gasteiger partial charge >= 0.3 is 0 Å². The number of aliphatic hydroxyl groups is 1. The first-order chi connectivity index (χ1) is 9.58. The average Bonchev–Trinajstić information content (AvgIpc) is 2.98. The summed E-state index contributed by atoms with van der Waals surface area (Å²) in [6.45, 7) is 4.73. The van der Waals surface area contributed by atoms with Crippen LogP contribution < -0.4 is 5.32 Å². The molecule has 4 nitrogen and oxygen atoms in total. The SMILES string of the molecule is C[C@H](NC[C@@H](O)c1ccc(Br)cc1)[C@@H](C)n1cccn1. The summed E-state index contributed by atoms with van der Waals surface area (Å²) in [4.78, 5) is 0. The van der Waals surface area contributed by atoms with E-state index in [0.29, 0.717) is 6.54 Å². The maximum atomic E-state index is 10.2. The van der Waals surface area contributed by atoms with Crippen molar-refractivity contribution in [2.75, 3.05) is 6.54 Å². The van der Waals surface area contributed by atoms with Gasteiger partial charge in [0, 0.05) is 29.5 Å². The average molecular weight is 338 g/mol. The maximum Gasteiger partial charge on any atom is 0.0914 e. The summed E-state index contributed by atoms with van der Waals surface area (Å²) in [5, 5.41) is 17.8. The number of halogens is 1. The molecule has 0 bridgehead atoms. The van der Waals surface area contributed by atoms with E-state index in [1.165, 1.54) is 0 Å². The molecule has 3 atom stereocenters. The van der Waals surface area contributed by atoms with Gasteiger partial charge in [-0.25, -0.2) is 0 Å². The van der Waals surface area contributed by atoms with Gasteiger partial charge in [-0.15, -0.1) is 0 Å². The second-order valence-electron chi connectivity index (χ2n) is 4.99. The Kier molecular flexibility index (Phi) is 5.34. The van der Waals surface area contributed by atoms with Gasteiger partial charge in [-0.05, 0) is 37.6 Å². The summed E-state index contributed by atoms with van der Waals surface area (Å²) >= 11 is 3.39. The highest BCUT2D eigenvalue weighted by molar-refractivity contribution is 9.10. The lowest BCUT2D eigenvalue weighted by atomic mass is 10.1. The van der Waals surface area contributed by atoms with Gasteiger partial charge in [0.15, 0.2) is 0 Å². The quantitative estimate of drug-likeness (QED) is 0.852. The molecule has 0 saturated heterocycles. The molecule has 2 rings (SSSR count). The summed E-state index contributed by atoms with van der Waals surface area (Å²) < 4.78 is 2.94. The summed E-state index contributed by atoms with van der Waals surface area (Å²) in [6.07, 6.45) is 3.23. The molecule has 0 unspecified atom stereocenters. The van der Waals surface area contributed by atoms with E-state index in [2.05, 4.69) is 40.2 Å². The van der Waals surface area contributed by atoms with Gasteiger partial charge in [-0.2, -0.15) is 5.10 Å². The van der Waals surface area contributed by atoms with Crippen LogP contribution in [0.4, 0.5) is 0 Å². The van der Waals surface area contributed by atoms with Crippen LogP contribution in [0.3, 0.4) is 0 Å². The minimum absolute atomic E-state index is 0.222. The van der Waals surface area contributed by atoms with Crippen molar-refractivity contribution in [1.82, 2.24) is 15.1 Å². The Labute approximate surface area is 127 Å². The van der Waals surface area contributed by atoms with Gasteiger partial charge in [0.2, 0.25) is 0 Å². The summed E-state index contributed by atoms with van der Waals surface area (Å²) in [5.74, 6) is 0. The fourth-order valence-electron chi connectivity index (χ4n) is 2.02. The highest BCUT2D eigenvalue weighted by Crippen LogP contribution is 2.17. The van der Waals surface area contributed by atoms with Crippen LogP contribution >= 0.6 is 15.9 Å². The lowest BCUT2D eigenvalue weighted by Gasteiger charge is -2.23. The summed E-state index contributed by atoms with van der Waals surface area (Å²) in [7, 11) is 0. The zero-order valence-corrected chi connectivity index (χ0v) is 13.3. The number of hydrogen-bond donors (Lipinski definition) is 2. The number of benzene rings is 1. The Bertz CT molecular complexity index is 512. The third-order valence-electron chi connectivity index (χ3n) is 3.55. The van der Waals surface area contributed by atoms with Gasteiger partial charge < -0.3 is 10.4 Å². The van der Waals surface area contributed by atoms with E-state index in [1.54, 1.807) is 6.20 Å². The highest BCUT2D eigenvalue weighted by atomic mass is 79.9. The Morgan fingerprint density at radius 3 is 2.60 bits per heavy atom. The molecule has 0 aliphatic heterocycles. The van der Waals surface area contributed by atoms with Crippen LogP contribution in [0.25, 0.3) is 0 Å². The van der Waals surface area contributed by atoms with E-state index in [-0.39, 0.29) is 12.1 Å². The molecule has 0 aliphatic rings. The van der Waals surface area contributed by atoms with E-state index in [4.69, 9.17) is 0 Å². The fraction of sp³-hybridized carbons (Fsp3) is 0.400. The smallest absolute Gasteiger partial charge is 0.0914 e. The van der Waals surface area contributed by atoms with E-state index >= 15 is 0 Å². The molecule has 1 aromatic carbocycles. The molecular weight excluding hydrogens is 318 g/mol. The van der Waals surface area contributed by atoms with E-state index in [0.717, 1.165) is 10.0 Å². The van der Waals surface area contributed by atoms with Crippen molar-refractivity contribution in [3.8, 4) is 0 Å². The molecule has 0 amide bonds. The first-order valence-corrected chi connectivity index (χ1v) is 7.53. The number of hydrogen-bond acceptors (Lipinski definition) is 3. The van der Waals surface area contributed by atoms with Gasteiger partial charge in [0.05, 0.1) is 12.1 Å². The van der Waals surface area contributed by atoms with Crippen molar-refractivity contribution < 1.29 is 5.11 Å². The second kappa shape index (κ2) is 7.02. The first kappa shape index (κ1) is 15.2. The summed E-state index contributed by atoms with van der Waals surface area (Å²) in [6, 6.07) is 10.1. The van der Waals surface area contributed by atoms with Crippen LogP contribution in [0.15, 0.2) is 47.2 Å². The molecule has 20 heavy (non-hydrogen) atoms. The van der Waals surface area contributed by atoms with Crippen LogP contribution in [-0.4, -0.2) is 27.5 Å². The molecule has 0 saturated carbocycles. The third-order valence-corrected chi connectivity index (χ3v) is 4.08. The molecule has 0 spiro atoms. The molecule has 5 heteroatoms. The van der Waals surface area contributed by atoms with Crippen LogP contribution in [0.5, 0.6) is 0 Å². The van der Waals surface area contributed by atoms with E-state index < -0.39 is 6.10 Å². The molecule has 2 N–H and O–H groups in total. The fourth-order valence-corrected chi connectivity index (χ4v) is 2.29. The lowest BCUT2D eigenvalue weighted by molar-refractivity contribution is 0.166. The Balaban J connectivity index is 1.86. The van der Waals surface area contributed by atoms with Crippen molar-refractivity contribution in [2.45, 2.75) is 32.0 Å². The van der Waals surface area contributed by atoms with Crippen molar-refractivity contribution in [1.29, 1.82) is 0 Å². The molecule has 1 aromatic heterocycles. The Hall–Kier alpha value is -1.17. The van der Waals surface area contributed by atoms with Crippen LogP contribution in [0.1, 0.15) is 31.6 Å². The molecule has 1 heterocycles. The van der Waals surface area contributed by atoms with Crippen molar-refractivity contribution in [3.63, 3.8) is 0 Å². The number of nitrogens with one attached hydrogen (secondary N) is 1. The largest absolute Gasteiger partial charge is 0.387 e. The summed E-state index contributed by atoms with van der Waals surface area (Å²) in [5.41, 5.74) is 0.916. The first-order valence-electron chi connectivity index (χ1n) is 6.74. The zero-order valence-electron chi connectivity index (χ0n) is 11.7. The number of aromatic nitrogens is 2. The van der Waals surface area contributed by atoms with Crippen LogP contribution in [0, 0.1) is 0 Å². The molecule has 0 radical (unpaired) electrons. The van der Waals surface area contributed by atoms with Crippen molar-refractivity contribution >= 4 is 15.9 Å². The Morgan fingerprint density at radius 2 is 2.00 bits per heavy atom. The topological polar surface area (TPSA) is 50.1 Å². The minimum atomic E-state index is -0.504. The van der Waals surface area contributed by atoms with E-state index in [1.807, 2.05) is 41.2 Å². The van der Waals surface area contributed by atoms with Crippen molar-refractivity contribution in [3.05, 3.63) is 52.8 Å². The third kappa shape index (κ3) is 3.91. The number of rotatable bonds is 6. The monoisotopic (exact) mass is 337 g/mol. The normalized spacial score (nSPS) is 15.8. The highest BCUT2D eigenvalue weighted by Gasteiger charge is 2.15. The minimum Gasteiger partial charge on any atom is -0.387 e. The lowest BCUT2D eigenvalue weighted by Crippen LogP contribution is -2.36. The standard InChI is InChI=1S/C15H20BrN3O/c1-11(12(2)19-9-3-8-18-19)17-10-15(20)13-4-6-14(16)7-5-13/h3-9,11-12,15,17,20H,10H2,1-2H3/t11-,12+,15+/m0/s1. The van der Waals surface area contributed by atoms with Gasteiger partial charge in [0.1, 0.15) is 0 Å². The number of nitrogens with zero attached hydrogens (tertiary/aromatic N) is 2. The molecule has 108 valence electrons. The second-order valence-corrected chi connectivity index (χ2v) is 5.91. The predicted molar refractivity (Wildman–Crippen MR) is 83.5 cm³/mol. The van der Waals surface area contributed by atoms with Crippen LogP contribution in [-0.2, 0) is 0 Å². The van der Waals surface area contributed by atoms with Gasteiger partial charge in [-0.3, -0.25) is 4.68 Å². The molecule has 2 aromatic rings. The van der Waals surface area contributed by atoms with Crippen molar-refractivity contribution in [2.24, 2.45) is 0 Å². The predicted octanol–water partition coefficient (Wildman–Crippen LogP) is 2.92. The zero-order chi connectivity index (χ0) is 14.5. The Morgan fingerprint density at radius 1 is 1.30 bits per heavy atom. The van der Waals surface area contributed by atoms with Gasteiger partial charge in [-0.1, -0.05) is 28.1 Å². The number of aliphatic hydroxyl groups excluding tert-OH is 1. The molecule has 0 fully saturated rings.